The van der Waals surface area contributed by atoms with Crippen LogP contribution < -0.4 is 10.1 Å². The lowest BCUT2D eigenvalue weighted by Gasteiger charge is -2.19. The maximum Gasteiger partial charge on any atom is 0.262 e. The summed E-state index contributed by atoms with van der Waals surface area (Å²) in [7, 11) is 0. The first-order valence-electron chi connectivity index (χ1n) is 9.73. The molecule has 0 unspecified atom stereocenters. The highest BCUT2D eigenvalue weighted by molar-refractivity contribution is 5.94. The van der Waals surface area contributed by atoms with Gasteiger partial charge in [-0.2, -0.15) is 0 Å². The van der Waals surface area contributed by atoms with Gasteiger partial charge in [0.05, 0.1) is 5.56 Å². The number of amides is 1. The fourth-order valence-corrected chi connectivity index (χ4v) is 3.02. The lowest BCUT2D eigenvalue weighted by Crippen LogP contribution is -2.20. The fourth-order valence-electron chi connectivity index (χ4n) is 3.02. The molecule has 0 atom stereocenters. The van der Waals surface area contributed by atoms with Crippen molar-refractivity contribution in [2.24, 2.45) is 0 Å². The highest BCUT2D eigenvalue weighted by atomic mass is 16.5. The second kappa shape index (κ2) is 7.99. The summed E-state index contributed by atoms with van der Waals surface area (Å²) < 4.78 is 11.4. The van der Waals surface area contributed by atoms with E-state index < -0.39 is 0 Å². The third-order valence-electron chi connectivity index (χ3n) is 4.67. The van der Waals surface area contributed by atoms with Crippen LogP contribution in [0.5, 0.6) is 5.75 Å². The number of rotatable bonds is 5. The van der Waals surface area contributed by atoms with Crippen LogP contribution in [-0.4, -0.2) is 22.5 Å². The molecule has 1 N–H and O–H groups in total. The first-order valence-corrected chi connectivity index (χ1v) is 9.73. The van der Waals surface area contributed by atoms with Gasteiger partial charge in [-0.1, -0.05) is 32.9 Å². The standard InChI is InChI=1S/C24H23N3O3/c1-24(2,3)17-6-9-19(10-7-17)29-15-22(28)26-18-8-11-21-20(13-18)27-23(30-21)16-5-4-12-25-14-16/h4-14H,15H2,1-3H3,(H,26,28). The van der Waals surface area contributed by atoms with E-state index in [4.69, 9.17) is 9.15 Å². The molecule has 0 spiro atoms. The monoisotopic (exact) mass is 401 g/mol. The lowest BCUT2D eigenvalue weighted by molar-refractivity contribution is -0.118. The summed E-state index contributed by atoms with van der Waals surface area (Å²) in [6.45, 7) is 6.39. The Morgan fingerprint density at radius 3 is 2.60 bits per heavy atom. The number of aromatic nitrogens is 2. The quantitative estimate of drug-likeness (QED) is 0.497. The molecule has 6 heteroatoms. The Morgan fingerprint density at radius 1 is 1.10 bits per heavy atom. The molecule has 30 heavy (non-hydrogen) atoms. The minimum Gasteiger partial charge on any atom is -0.484 e. The van der Waals surface area contributed by atoms with Crippen molar-refractivity contribution in [2.75, 3.05) is 11.9 Å². The molecule has 0 saturated heterocycles. The predicted molar refractivity (Wildman–Crippen MR) is 117 cm³/mol. The Kier molecular flexibility index (Phi) is 5.23. The number of benzene rings is 2. The molecule has 0 saturated carbocycles. The molecule has 2 aromatic carbocycles. The molecular weight excluding hydrogens is 378 g/mol. The highest BCUT2D eigenvalue weighted by Gasteiger charge is 2.14. The average molecular weight is 401 g/mol. The van der Waals surface area contributed by atoms with Gasteiger partial charge in [-0.3, -0.25) is 9.78 Å². The molecule has 0 aliphatic heterocycles. The minimum absolute atomic E-state index is 0.0760. The van der Waals surface area contributed by atoms with E-state index in [1.54, 1.807) is 30.6 Å². The highest BCUT2D eigenvalue weighted by Crippen LogP contribution is 2.26. The minimum atomic E-state index is -0.245. The molecule has 6 nitrogen and oxygen atoms in total. The number of pyridine rings is 1. The van der Waals surface area contributed by atoms with E-state index in [0.717, 1.165) is 5.56 Å². The van der Waals surface area contributed by atoms with Crippen LogP contribution in [0.1, 0.15) is 26.3 Å². The van der Waals surface area contributed by atoms with E-state index in [-0.39, 0.29) is 17.9 Å². The molecule has 4 rings (SSSR count). The molecular formula is C24H23N3O3. The van der Waals surface area contributed by atoms with E-state index in [1.165, 1.54) is 5.56 Å². The third kappa shape index (κ3) is 4.49. The molecule has 2 heterocycles. The number of fused-ring (bicyclic) bond motifs is 1. The van der Waals surface area contributed by atoms with Gasteiger partial charge in [0.15, 0.2) is 12.2 Å². The third-order valence-corrected chi connectivity index (χ3v) is 4.67. The summed E-state index contributed by atoms with van der Waals surface area (Å²) in [6, 6.07) is 16.8. The van der Waals surface area contributed by atoms with Crippen molar-refractivity contribution < 1.29 is 13.9 Å². The molecule has 0 aliphatic carbocycles. The Bertz CT molecular complexity index is 1160. The number of carbonyl (C=O) groups excluding carboxylic acids is 1. The second-order valence-electron chi connectivity index (χ2n) is 8.05. The van der Waals surface area contributed by atoms with Crippen molar-refractivity contribution in [1.82, 2.24) is 9.97 Å². The fraction of sp³-hybridized carbons (Fsp3) is 0.208. The van der Waals surface area contributed by atoms with Crippen LogP contribution in [0.4, 0.5) is 5.69 Å². The van der Waals surface area contributed by atoms with E-state index in [0.29, 0.717) is 28.4 Å². The number of carbonyl (C=O) groups is 1. The number of hydrogen-bond acceptors (Lipinski definition) is 5. The van der Waals surface area contributed by atoms with Crippen molar-refractivity contribution >= 4 is 22.7 Å². The Labute approximate surface area is 174 Å². The van der Waals surface area contributed by atoms with Gasteiger partial charge in [-0.25, -0.2) is 4.98 Å². The van der Waals surface area contributed by atoms with Gasteiger partial charge in [0.2, 0.25) is 5.89 Å². The molecule has 0 fully saturated rings. The first kappa shape index (κ1) is 19.6. The van der Waals surface area contributed by atoms with Crippen LogP contribution in [0, 0.1) is 0 Å². The van der Waals surface area contributed by atoms with Gasteiger partial charge in [0, 0.05) is 18.1 Å². The number of oxazole rings is 1. The number of anilines is 1. The van der Waals surface area contributed by atoms with Crippen molar-refractivity contribution in [1.29, 1.82) is 0 Å². The number of nitrogens with one attached hydrogen (secondary N) is 1. The Morgan fingerprint density at radius 2 is 1.90 bits per heavy atom. The van der Waals surface area contributed by atoms with Crippen molar-refractivity contribution in [3.05, 3.63) is 72.6 Å². The van der Waals surface area contributed by atoms with E-state index >= 15 is 0 Å². The Hall–Kier alpha value is -3.67. The summed E-state index contributed by atoms with van der Waals surface area (Å²) in [6.07, 6.45) is 3.39. The van der Waals surface area contributed by atoms with Crippen LogP contribution in [0.25, 0.3) is 22.6 Å². The molecule has 2 aromatic heterocycles. The van der Waals surface area contributed by atoms with Gasteiger partial charge in [0.25, 0.3) is 5.91 Å². The number of ether oxygens (including phenoxy) is 1. The zero-order chi connectivity index (χ0) is 21.1. The SMILES string of the molecule is CC(C)(C)c1ccc(OCC(=O)Nc2ccc3oc(-c4cccnc4)nc3c2)cc1. The molecule has 0 bridgehead atoms. The maximum atomic E-state index is 12.3. The normalized spacial score (nSPS) is 11.4. The average Bonchev–Trinajstić information content (AvgIpc) is 3.16. The van der Waals surface area contributed by atoms with Gasteiger partial charge >= 0.3 is 0 Å². The van der Waals surface area contributed by atoms with Crippen molar-refractivity contribution in [3.8, 4) is 17.2 Å². The van der Waals surface area contributed by atoms with Crippen LogP contribution in [0.2, 0.25) is 0 Å². The van der Waals surface area contributed by atoms with E-state index in [1.807, 2.05) is 36.4 Å². The Balaban J connectivity index is 1.39. The first-order chi connectivity index (χ1) is 14.4. The zero-order valence-electron chi connectivity index (χ0n) is 17.2. The molecule has 0 radical (unpaired) electrons. The summed E-state index contributed by atoms with van der Waals surface area (Å²) in [5.41, 5.74) is 4.01. The van der Waals surface area contributed by atoms with Crippen molar-refractivity contribution in [2.45, 2.75) is 26.2 Å². The maximum absolute atomic E-state index is 12.3. The van der Waals surface area contributed by atoms with E-state index in [2.05, 4.69) is 36.1 Å². The van der Waals surface area contributed by atoms with Crippen LogP contribution in [-0.2, 0) is 10.2 Å². The van der Waals surface area contributed by atoms with Gasteiger partial charge in [-0.15, -0.1) is 0 Å². The topological polar surface area (TPSA) is 77.2 Å². The zero-order valence-corrected chi connectivity index (χ0v) is 17.2. The van der Waals surface area contributed by atoms with Gasteiger partial charge < -0.3 is 14.5 Å². The molecule has 152 valence electrons. The van der Waals surface area contributed by atoms with Crippen LogP contribution in [0.15, 0.2) is 71.4 Å². The van der Waals surface area contributed by atoms with Gasteiger partial charge in [0.1, 0.15) is 11.3 Å². The lowest BCUT2D eigenvalue weighted by atomic mass is 9.87. The summed E-state index contributed by atoms with van der Waals surface area (Å²) in [4.78, 5) is 20.8. The number of nitrogens with zero attached hydrogens (tertiary/aromatic N) is 2. The van der Waals surface area contributed by atoms with Crippen LogP contribution in [0.3, 0.4) is 0 Å². The summed E-state index contributed by atoms with van der Waals surface area (Å²) in [5, 5.41) is 2.83. The summed E-state index contributed by atoms with van der Waals surface area (Å²) in [5.74, 6) is 0.903. The number of hydrogen-bond donors (Lipinski definition) is 1. The smallest absolute Gasteiger partial charge is 0.262 e. The van der Waals surface area contributed by atoms with Gasteiger partial charge in [-0.05, 0) is 53.4 Å². The molecule has 4 aromatic rings. The van der Waals surface area contributed by atoms with E-state index in [9.17, 15) is 4.79 Å². The van der Waals surface area contributed by atoms with Crippen LogP contribution >= 0.6 is 0 Å². The largest absolute Gasteiger partial charge is 0.484 e. The predicted octanol–water partition coefficient (Wildman–Crippen LogP) is 5.20. The summed E-state index contributed by atoms with van der Waals surface area (Å²) >= 11 is 0. The molecule has 0 aliphatic rings. The molecule has 1 amide bonds. The second-order valence-corrected chi connectivity index (χ2v) is 8.05. The van der Waals surface area contributed by atoms with Crippen molar-refractivity contribution in [3.63, 3.8) is 0 Å².